The molecule has 0 aliphatic heterocycles. The van der Waals surface area contributed by atoms with Crippen LogP contribution in [0.1, 0.15) is 22.6 Å². The molecule has 2 aromatic rings. The number of furan rings is 1. The maximum absolute atomic E-state index is 5.68. The standard InChI is InChI=1S/C18H25N3O2.HI/c1-13-5-7-17(8-6-13)22-10-9-20-18(19-4)21-12-16-11-14(2)23-15(16)3;/h5-8,11H,9-10,12H2,1-4H3,(H2,19,20,21);1H. The summed E-state index contributed by atoms with van der Waals surface area (Å²) in [6.07, 6.45) is 0. The molecular weight excluding hydrogens is 417 g/mol. The molecule has 0 radical (unpaired) electrons. The van der Waals surface area contributed by atoms with Gasteiger partial charge in [0, 0.05) is 19.2 Å². The highest BCUT2D eigenvalue weighted by Gasteiger charge is 2.05. The molecule has 1 heterocycles. The number of nitrogens with one attached hydrogen (secondary N) is 2. The van der Waals surface area contributed by atoms with E-state index in [9.17, 15) is 0 Å². The lowest BCUT2D eigenvalue weighted by Gasteiger charge is -2.12. The molecule has 5 nitrogen and oxygen atoms in total. The Morgan fingerprint density at radius 3 is 2.42 bits per heavy atom. The van der Waals surface area contributed by atoms with E-state index in [0.717, 1.165) is 28.8 Å². The monoisotopic (exact) mass is 443 g/mol. The number of rotatable bonds is 6. The summed E-state index contributed by atoms with van der Waals surface area (Å²) in [6.45, 7) is 7.91. The highest BCUT2D eigenvalue weighted by Crippen LogP contribution is 2.13. The van der Waals surface area contributed by atoms with Gasteiger partial charge in [0.2, 0.25) is 0 Å². The Hall–Kier alpha value is -1.70. The molecule has 24 heavy (non-hydrogen) atoms. The van der Waals surface area contributed by atoms with E-state index in [-0.39, 0.29) is 24.0 Å². The van der Waals surface area contributed by atoms with Gasteiger partial charge in [-0.3, -0.25) is 4.99 Å². The van der Waals surface area contributed by atoms with Crippen molar-refractivity contribution in [2.24, 2.45) is 4.99 Å². The summed E-state index contributed by atoms with van der Waals surface area (Å²) in [6, 6.07) is 10.1. The zero-order valence-corrected chi connectivity index (χ0v) is 17.0. The predicted octanol–water partition coefficient (Wildman–Crippen LogP) is 3.57. The lowest BCUT2D eigenvalue weighted by Crippen LogP contribution is -2.38. The Morgan fingerprint density at radius 1 is 1.12 bits per heavy atom. The van der Waals surface area contributed by atoms with Crippen molar-refractivity contribution in [1.29, 1.82) is 0 Å². The molecule has 0 unspecified atom stereocenters. The molecule has 0 saturated carbocycles. The first-order valence-electron chi connectivity index (χ1n) is 7.78. The van der Waals surface area contributed by atoms with Crippen LogP contribution in [0, 0.1) is 20.8 Å². The van der Waals surface area contributed by atoms with Gasteiger partial charge in [-0.2, -0.15) is 0 Å². The topological polar surface area (TPSA) is 58.8 Å². The minimum Gasteiger partial charge on any atom is -0.492 e. The fourth-order valence-corrected chi connectivity index (χ4v) is 2.23. The molecule has 1 aromatic heterocycles. The third-order valence-corrected chi connectivity index (χ3v) is 3.50. The molecule has 0 aliphatic rings. The third kappa shape index (κ3) is 6.43. The van der Waals surface area contributed by atoms with Crippen LogP contribution in [0.25, 0.3) is 0 Å². The highest BCUT2D eigenvalue weighted by molar-refractivity contribution is 14.0. The van der Waals surface area contributed by atoms with E-state index in [4.69, 9.17) is 9.15 Å². The lowest BCUT2D eigenvalue weighted by molar-refractivity contribution is 0.322. The van der Waals surface area contributed by atoms with Gasteiger partial charge in [-0.1, -0.05) is 17.7 Å². The minimum absolute atomic E-state index is 0. The van der Waals surface area contributed by atoms with Gasteiger partial charge in [0.1, 0.15) is 23.9 Å². The molecule has 0 aliphatic carbocycles. The fraction of sp³-hybridized carbons (Fsp3) is 0.389. The maximum atomic E-state index is 5.68. The van der Waals surface area contributed by atoms with E-state index in [1.165, 1.54) is 5.56 Å². The molecule has 0 amide bonds. The largest absolute Gasteiger partial charge is 0.492 e. The lowest BCUT2D eigenvalue weighted by atomic mass is 10.2. The zero-order valence-electron chi connectivity index (χ0n) is 14.7. The quantitative estimate of drug-likeness (QED) is 0.310. The zero-order chi connectivity index (χ0) is 16.7. The summed E-state index contributed by atoms with van der Waals surface area (Å²) in [5, 5.41) is 6.50. The Kier molecular flexibility index (Phi) is 8.67. The SMILES string of the molecule is CN=C(NCCOc1ccc(C)cc1)NCc1cc(C)oc1C.I. The van der Waals surface area contributed by atoms with Crippen LogP contribution < -0.4 is 15.4 Å². The van der Waals surface area contributed by atoms with E-state index in [2.05, 4.69) is 22.5 Å². The average Bonchev–Trinajstić information content (AvgIpc) is 2.86. The summed E-state index contributed by atoms with van der Waals surface area (Å²) in [5.41, 5.74) is 2.37. The van der Waals surface area contributed by atoms with Crippen LogP contribution in [0.2, 0.25) is 0 Å². The molecule has 132 valence electrons. The Morgan fingerprint density at radius 2 is 1.83 bits per heavy atom. The second-order valence-corrected chi connectivity index (χ2v) is 5.45. The first-order chi connectivity index (χ1) is 11.1. The molecule has 0 fully saturated rings. The van der Waals surface area contributed by atoms with Crippen LogP contribution in [0.4, 0.5) is 0 Å². The van der Waals surface area contributed by atoms with Crippen LogP contribution in [0.5, 0.6) is 5.75 Å². The Balaban J connectivity index is 0.00000288. The first kappa shape index (κ1) is 20.3. The molecule has 0 atom stereocenters. The molecule has 2 rings (SSSR count). The van der Waals surface area contributed by atoms with E-state index in [1.54, 1.807) is 7.05 Å². The van der Waals surface area contributed by atoms with E-state index < -0.39 is 0 Å². The van der Waals surface area contributed by atoms with Gasteiger partial charge in [0.05, 0.1) is 6.54 Å². The van der Waals surface area contributed by atoms with Crippen molar-refractivity contribution in [2.75, 3.05) is 20.2 Å². The molecule has 1 aromatic carbocycles. The van der Waals surface area contributed by atoms with Gasteiger partial charge >= 0.3 is 0 Å². The number of ether oxygens (including phenoxy) is 1. The summed E-state index contributed by atoms with van der Waals surface area (Å²) in [5.74, 6) is 3.49. The average molecular weight is 443 g/mol. The van der Waals surface area contributed by atoms with Crippen molar-refractivity contribution in [3.05, 3.63) is 53.0 Å². The maximum Gasteiger partial charge on any atom is 0.191 e. The minimum atomic E-state index is 0. The Bertz CT molecular complexity index is 651. The number of nitrogens with zero attached hydrogens (tertiary/aromatic N) is 1. The Labute approximate surface area is 160 Å². The highest BCUT2D eigenvalue weighted by atomic mass is 127. The molecule has 6 heteroatoms. The molecule has 2 N–H and O–H groups in total. The second kappa shape index (κ2) is 10.2. The number of halogens is 1. The van der Waals surface area contributed by atoms with E-state index >= 15 is 0 Å². The number of hydrogen-bond donors (Lipinski definition) is 2. The van der Waals surface area contributed by atoms with Crippen LogP contribution >= 0.6 is 24.0 Å². The van der Waals surface area contributed by atoms with Gasteiger partial charge in [0.25, 0.3) is 0 Å². The number of benzene rings is 1. The van der Waals surface area contributed by atoms with E-state index in [0.29, 0.717) is 19.7 Å². The van der Waals surface area contributed by atoms with Crippen molar-refractivity contribution < 1.29 is 9.15 Å². The number of hydrogen-bond acceptors (Lipinski definition) is 3. The summed E-state index contributed by atoms with van der Waals surface area (Å²) >= 11 is 0. The van der Waals surface area contributed by atoms with Crippen molar-refractivity contribution in [2.45, 2.75) is 27.3 Å². The third-order valence-electron chi connectivity index (χ3n) is 3.50. The van der Waals surface area contributed by atoms with Gasteiger partial charge in [0.15, 0.2) is 5.96 Å². The smallest absolute Gasteiger partial charge is 0.191 e. The van der Waals surface area contributed by atoms with Crippen LogP contribution in [-0.2, 0) is 6.54 Å². The van der Waals surface area contributed by atoms with Crippen LogP contribution in [-0.4, -0.2) is 26.2 Å². The number of guanidine groups is 1. The summed E-state index contributed by atoms with van der Waals surface area (Å²) in [4.78, 5) is 4.20. The molecule has 0 spiro atoms. The van der Waals surface area contributed by atoms with Crippen molar-refractivity contribution in [1.82, 2.24) is 10.6 Å². The number of aliphatic imine (C=N–C) groups is 1. The first-order valence-corrected chi connectivity index (χ1v) is 7.78. The molecule has 0 bridgehead atoms. The van der Waals surface area contributed by atoms with E-state index in [1.807, 2.05) is 44.2 Å². The second-order valence-electron chi connectivity index (χ2n) is 5.45. The van der Waals surface area contributed by atoms with Crippen molar-refractivity contribution in [3.8, 4) is 5.75 Å². The van der Waals surface area contributed by atoms with Crippen molar-refractivity contribution in [3.63, 3.8) is 0 Å². The number of aryl methyl sites for hydroxylation is 3. The van der Waals surface area contributed by atoms with Crippen LogP contribution in [0.3, 0.4) is 0 Å². The summed E-state index contributed by atoms with van der Waals surface area (Å²) in [7, 11) is 1.75. The normalized spacial score (nSPS) is 10.9. The van der Waals surface area contributed by atoms with Gasteiger partial charge in [-0.25, -0.2) is 0 Å². The molecular formula is C18H26IN3O2. The summed E-state index contributed by atoms with van der Waals surface area (Å²) < 4.78 is 11.2. The molecule has 0 saturated heterocycles. The predicted molar refractivity (Wildman–Crippen MR) is 108 cm³/mol. The van der Waals surface area contributed by atoms with Gasteiger partial charge in [-0.15, -0.1) is 24.0 Å². The van der Waals surface area contributed by atoms with Gasteiger partial charge < -0.3 is 19.8 Å². The fourth-order valence-electron chi connectivity index (χ4n) is 2.23. The van der Waals surface area contributed by atoms with Crippen molar-refractivity contribution >= 4 is 29.9 Å². The van der Waals surface area contributed by atoms with Crippen LogP contribution in [0.15, 0.2) is 39.7 Å². The van der Waals surface area contributed by atoms with Gasteiger partial charge in [-0.05, 0) is 39.0 Å².